The number of aromatic nitrogens is 2. The van der Waals surface area contributed by atoms with Crippen LogP contribution in [0.15, 0.2) is 10.7 Å². The van der Waals surface area contributed by atoms with Crippen LogP contribution in [0.25, 0.3) is 0 Å². The Balaban J connectivity index is 1.83. The molecule has 3 unspecified atom stereocenters. The fourth-order valence-corrected chi connectivity index (χ4v) is 4.09. The summed E-state index contributed by atoms with van der Waals surface area (Å²) in [4.78, 5) is 0. The van der Waals surface area contributed by atoms with Gasteiger partial charge in [-0.3, -0.25) is 16.0 Å². The Morgan fingerprint density at radius 2 is 2.22 bits per heavy atom. The second kappa shape index (κ2) is 4.94. The van der Waals surface area contributed by atoms with Gasteiger partial charge in [-0.15, -0.1) is 0 Å². The van der Waals surface area contributed by atoms with E-state index in [1.807, 2.05) is 6.20 Å². The molecule has 18 heavy (non-hydrogen) atoms. The molecule has 1 aromatic heterocycles. The Morgan fingerprint density at radius 3 is 2.83 bits per heavy atom. The van der Waals surface area contributed by atoms with Crippen molar-refractivity contribution < 1.29 is 0 Å². The molecule has 3 atom stereocenters. The van der Waals surface area contributed by atoms with Crippen LogP contribution < -0.4 is 11.3 Å². The van der Waals surface area contributed by atoms with Gasteiger partial charge in [0.2, 0.25) is 0 Å². The van der Waals surface area contributed by atoms with Crippen molar-refractivity contribution in [3.63, 3.8) is 0 Å². The minimum Gasteiger partial charge on any atom is -0.271 e. The van der Waals surface area contributed by atoms with Crippen LogP contribution in [0.3, 0.4) is 0 Å². The lowest BCUT2D eigenvalue weighted by atomic mass is 9.92. The number of halogens is 1. The summed E-state index contributed by atoms with van der Waals surface area (Å²) in [5.74, 6) is 8.45. The summed E-state index contributed by atoms with van der Waals surface area (Å²) < 4.78 is 3.18. The topological polar surface area (TPSA) is 55.9 Å². The van der Waals surface area contributed by atoms with Crippen molar-refractivity contribution in [1.82, 2.24) is 15.2 Å². The molecule has 2 aliphatic carbocycles. The van der Waals surface area contributed by atoms with Crippen molar-refractivity contribution in [2.45, 2.75) is 45.2 Å². The normalized spacial score (nSPS) is 31.4. The van der Waals surface area contributed by atoms with Gasteiger partial charge in [0.15, 0.2) is 0 Å². The summed E-state index contributed by atoms with van der Waals surface area (Å²) in [7, 11) is 0. The summed E-state index contributed by atoms with van der Waals surface area (Å²) in [6, 6.07) is 0.237. The largest absolute Gasteiger partial charge is 0.271 e. The van der Waals surface area contributed by atoms with Crippen LogP contribution in [-0.4, -0.2) is 9.78 Å². The average molecular weight is 313 g/mol. The van der Waals surface area contributed by atoms with Crippen LogP contribution in [0.5, 0.6) is 0 Å². The minimum absolute atomic E-state index is 0.237. The van der Waals surface area contributed by atoms with Gasteiger partial charge in [0.1, 0.15) is 0 Å². The Kier molecular flexibility index (Phi) is 3.47. The number of rotatable bonds is 5. The molecule has 2 saturated carbocycles. The molecule has 4 nitrogen and oxygen atoms in total. The fourth-order valence-electron chi connectivity index (χ4n) is 3.54. The zero-order valence-corrected chi connectivity index (χ0v) is 12.4. The van der Waals surface area contributed by atoms with Crippen molar-refractivity contribution in [3.05, 3.63) is 16.4 Å². The van der Waals surface area contributed by atoms with E-state index in [0.29, 0.717) is 5.92 Å². The summed E-state index contributed by atoms with van der Waals surface area (Å²) in [5.41, 5.74) is 4.26. The summed E-state index contributed by atoms with van der Waals surface area (Å²) in [5, 5.41) is 4.45. The molecule has 0 aromatic carbocycles. The molecule has 2 fully saturated rings. The summed E-state index contributed by atoms with van der Waals surface area (Å²) >= 11 is 3.62. The lowest BCUT2D eigenvalue weighted by Gasteiger charge is -2.25. The molecule has 5 heteroatoms. The quantitative estimate of drug-likeness (QED) is 0.649. The molecular weight excluding hydrogens is 292 g/mol. The third-order valence-electron chi connectivity index (χ3n) is 4.49. The van der Waals surface area contributed by atoms with Gasteiger partial charge in [0.05, 0.1) is 22.4 Å². The molecule has 2 aliphatic rings. The van der Waals surface area contributed by atoms with Crippen molar-refractivity contribution in [3.8, 4) is 0 Å². The lowest BCUT2D eigenvalue weighted by Crippen LogP contribution is -2.35. The second-order valence-electron chi connectivity index (χ2n) is 5.73. The molecular formula is C13H21BrN4. The molecule has 100 valence electrons. The molecule has 1 heterocycles. The molecule has 0 amide bonds. The summed E-state index contributed by atoms with van der Waals surface area (Å²) in [6.07, 6.45) is 7.08. The number of nitrogens with two attached hydrogens (primary N) is 1. The maximum atomic E-state index is 5.83. The monoisotopic (exact) mass is 312 g/mol. The van der Waals surface area contributed by atoms with Crippen LogP contribution in [0.4, 0.5) is 0 Å². The highest BCUT2D eigenvalue weighted by molar-refractivity contribution is 9.10. The van der Waals surface area contributed by atoms with E-state index >= 15 is 0 Å². The third kappa shape index (κ3) is 2.12. The van der Waals surface area contributed by atoms with Gasteiger partial charge in [0, 0.05) is 6.54 Å². The van der Waals surface area contributed by atoms with E-state index in [-0.39, 0.29) is 6.04 Å². The molecule has 1 aromatic rings. The van der Waals surface area contributed by atoms with E-state index in [1.54, 1.807) is 0 Å². The zero-order chi connectivity index (χ0) is 12.7. The number of hydrogen-bond acceptors (Lipinski definition) is 3. The maximum Gasteiger partial charge on any atom is 0.0712 e. The number of fused-ring (bicyclic) bond motifs is 1. The van der Waals surface area contributed by atoms with Crippen molar-refractivity contribution in [2.24, 2.45) is 23.6 Å². The zero-order valence-electron chi connectivity index (χ0n) is 10.8. The fraction of sp³-hybridized carbons (Fsp3) is 0.769. The summed E-state index contributed by atoms with van der Waals surface area (Å²) in [6.45, 7) is 3.13. The molecule has 0 saturated heterocycles. The van der Waals surface area contributed by atoms with E-state index in [9.17, 15) is 0 Å². The van der Waals surface area contributed by atoms with Gasteiger partial charge in [-0.1, -0.05) is 6.92 Å². The van der Waals surface area contributed by atoms with Crippen molar-refractivity contribution >= 4 is 15.9 Å². The third-order valence-corrected chi connectivity index (χ3v) is 5.11. The molecule has 0 aliphatic heterocycles. The van der Waals surface area contributed by atoms with Gasteiger partial charge in [-0.05, 0) is 59.4 Å². The molecule has 3 N–H and O–H groups in total. The predicted octanol–water partition coefficient (Wildman–Crippen LogP) is 2.61. The van der Waals surface area contributed by atoms with E-state index in [0.717, 1.165) is 29.3 Å². The van der Waals surface area contributed by atoms with E-state index in [4.69, 9.17) is 5.84 Å². The number of nitrogens with zero attached hydrogens (tertiary/aromatic N) is 2. The van der Waals surface area contributed by atoms with E-state index < -0.39 is 0 Å². The minimum atomic E-state index is 0.237. The van der Waals surface area contributed by atoms with E-state index in [2.05, 4.69) is 38.1 Å². The second-order valence-corrected chi connectivity index (χ2v) is 6.59. The number of aryl methyl sites for hydroxylation is 1. The lowest BCUT2D eigenvalue weighted by molar-refractivity contribution is 0.324. The molecule has 3 rings (SSSR count). The number of nitrogens with one attached hydrogen (secondary N) is 1. The standard InChI is InChI=1S/C13H21BrN4/c1-2-3-18-13(11(14)7-16-18)12(17-15)10-5-8-4-9(8)6-10/h7-10,12,17H,2-6,15H2,1H3. The van der Waals surface area contributed by atoms with Crippen LogP contribution in [0, 0.1) is 17.8 Å². The average Bonchev–Trinajstić information content (AvgIpc) is 2.81. The number of hydrazine groups is 1. The van der Waals surface area contributed by atoms with Crippen LogP contribution >= 0.6 is 15.9 Å². The van der Waals surface area contributed by atoms with Gasteiger partial charge >= 0.3 is 0 Å². The first kappa shape index (κ1) is 12.6. The van der Waals surface area contributed by atoms with Gasteiger partial charge in [-0.2, -0.15) is 5.10 Å². The van der Waals surface area contributed by atoms with Crippen LogP contribution in [0.1, 0.15) is 44.3 Å². The Labute approximate surface area is 116 Å². The maximum absolute atomic E-state index is 5.83. The van der Waals surface area contributed by atoms with Crippen LogP contribution in [-0.2, 0) is 6.54 Å². The Morgan fingerprint density at radius 1 is 1.50 bits per heavy atom. The smallest absolute Gasteiger partial charge is 0.0712 e. The SMILES string of the molecule is CCCn1ncc(Br)c1C(NN)C1CC2CC2C1. The van der Waals surface area contributed by atoms with Crippen molar-refractivity contribution in [1.29, 1.82) is 0 Å². The van der Waals surface area contributed by atoms with Crippen LogP contribution in [0.2, 0.25) is 0 Å². The Bertz CT molecular complexity index is 421. The molecule has 0 radical (unpaired) electrons. The van der Waals surface area contributed by atoms with Gasteiger partial charge in [0.25, 0.3) is 0 Å². The number of hydrogen-bond donors (Lipinski definition) is 2. The first-order valence-corrected chi connectivity index (χ1v) is 7.71. The van der Waals surface area contributed by atoms with Crippen molar-refractivity contribution in [2.75, 3.05) is 0 Å². The highest BCUT2D eigenvalue weighted by atomic mass is 79.9. The highest BCUT2D eigenvalue weighted by Gasteiger charge is 2.48. The highest BCUT2D eigenvalue weighted by Crippen LogP contribution is 2.57. The first-order chi connectivity index (χ1) is 8.74. The molecule has 0 spiro atoms. The van der Waals surface area contributed by atoms with Gasteiger partial charge < -0.3 is 0 Å². The Hall–Kier alpha value is -0.390. The van der Waals surface area contributed by atoms with Gasteiger partial charge in [-0.25, -0.2) is 0 Å². The first-order valence-electron chi connectivity index (χ1n) is 6.91. The van der Waals surface area contributed by atoms with E-state index in [1.165, 1.54) is 25.0 Å². The molecule has 0 bridgehead atoms. The predicted molar refractivity (Wildman–Crippen MR) is 74.6 cm³/mol.